The molecule has 0 atom stereocenters. The molecule has 0 fully saturated rings. The SMILES string of the molecule is c1ccc(/N=N/c2cn[nH]c2)nc1. The third kappa shape index (κ3) is 1.96. The van der Waals surface area contributed by atoms with Gasteiger partial charge in [0.05, 0.1) is 6.20 Å². The molecule has 5 heteroatoms. The van der Waals surface area contributed by atoms with Crippen molar-refractivity contribution in [3.63, 3.8) is 0 Å². The lowest BCUT2D eigenvalue weighted by Gasteiger charge is -1.86. The smallest absolute Gasteiger partial charge is 0.174 e. The Bertz CT molecular complexity index is 378. The van der Waals surface area contributed by atoms with Crippen molar-refractivity contribution >= 4 is 11.5 Å². The van der Waals surface area contributed by atoms with Crippen molar-refractivity contribution in [1.29, 1.82) is 0 Å². The predicted octanol–water partition coefficient (Wildman–Crippen LogP) is 2.22. The fraction of sp³-hybridized carbons (Fsp3) is 0. The van der Waals surface area contributed by atoms with Crippen LogP contribution in [-0.2, 0) is 0 Å². The van der Waals surface area contributed by atoms with Crippen molar-refractivity contribution < 1.29 is 0 Å². The lowest BCUT2D eigenvalue weighted by Crippen LogP contribution is -1.67. The van der Waals surface area contributed by atoms with Crippen LogP contribution in [0.15, 0.2) is 47.0 Å². The minimum Gasteiger partial charge on any atom is -0.283 e. The highest BCUT2D eigenvalue weighted by molar-refractivity contribution is 5.31. The van der Waals surface area contributed by atoms with Crippen LogP contribution in [-0.4, -0.2) is 15.2 Å². The molecule has 2 heterocycles. The lowest BCUT2D eigenvalue weighted by atomic mass is 10.5. The van der Waals surface area contributed by atoms with E-state index >= 15 is 0 Å². The molecule has 0 aliphatic heterocycles. The molecule has 0 bridgehead atoms. The number of hydrogen-bond donors (Lipinski definition) is 1. The van der Waals surface area contributed by atoms with Crippen LogP contribution in [0.2, 0.25) is 0 Å². The maximum absolute atomic E-state index is 3.99. The Labute approximate surface area is 74.6 Å². The second kappa shape index (κ2) is 3.57. The molecule has 0 unspecified atom stereocenters. The molecule has 64 valence electrons. The summed E-state index contributed by atoms with van der Waals surface area (Å²) < 4.78 is 0. The highest BCUT2D eigenvalue weighted by Gasteiger charge is 1.89. The molecule has 13 heavy (non-hydrogen) atoms. The maximum Gasteiger partial charge on any atom is 0.174 e. The number of rotatable bonds is 2. The molecule has 0 amide bonds. The van der Waals surface area contributed by atoms with Gasteiger partial charge in [0.25, 0.3) is 0 Å². The van der Waals surface area contributed by atoms with E-state index in [4.69, 9.17) is 0 Å². The molecule has 0 saturated heterocycles. The van der Waals surface area contributed by atoms with Crippen LogP contribution in [0.1, 0.15) is 0 Å². The van der Waals surface area contributed by atoms with Crippen LogP contribution < -0.4 is 0 Å². The van der Waals surface area contributed by atoms with Gasteiger partial charge in [0.2, 0.25) is 0 Å². The van der Waals surface area contributed by atoms with Gasteiger partial charge in [-0.05, 0) is 12.1 Å². The third-order valence-corrected chi connectivity index (χ3v) is 1.40. The fourth-order valence-corrected chi connectivity index (χ4v) is 0.821. The van der Waals surface area contributed by atoms with Crippen LogP contribution in [0.5, 0.6) is 0 Å². The maximum atomic E-state index is 3.99. The van der Waals surface area contributed by atoms with Crippen molar-refractivity contribution in [2.45, 2.75) is 0 Å². The zero-order valence-electron chi connectivity index (χ0n) is 6.75. The Hall–Kier alpha value is -2.04. The second-order valence-electron chi connectivity index (χ2n) is 2.34. The van der Waals surface area contributed by atoms with Gasteiger partial charge in [-0.15, -0.1) is 10.2 Å². The zero-order chi connectivity index (χ0) is 8.93. The summed E-state index contributed by atoms with van der Waals surface area (Å²) in [5.41, 5.74) is 0.686. The van der Waals surface area contributed by atoms with Crippen LogP contribution >= 0.6 is 0 Å². The number of pyridine rings is 1. The van der Waals surface area contributed by atoms with Gasteiger partial charge >= 0.3 is 0 Å². The summed E-state index contributed by atoms with van der Waals surface area (Å²) in [4.78, 5) is 3.99. The van der Waals surface area contributed by atoms with E-state index in [1.54, 1.807) is 24.7 Å². The predicted molar refractivity (Wildman–Crippen MR) is 47.0 cm³/mol. The summed E-state index contributed by atoms with van der Waals surface area (Å²) in [6.07, 6.45) is 4.92. The van der Waals surface area contributed by atoms with Crippen LogP contribution in [0, 0.1) is 0 Å². The summed E-state index contributed by atoms with van der Waals surface area (Å²) in [5.74, 6) is 0.587. The van der Waals surface area contributed by atoms with E-state index in [0.29, 0.717) is 11.5 Å². The topological polar surface area (TPSA) is 66.3 Å². The van der Waals surface area contributed by atoms with Crippen molar-refractivity contribution in [3.05, 3.63) is 36.8 Å². The molecule has 0 aliphatic carbocycles. The fourth-order valence-electron chi connectivity index (χ4n) is 0.821. The first kappa shape index (κ1) is 7.60. The van der Waals surface area contributed by atoms with Gasteiger partial charge in [-0.25, -0.2) is 4.98 Å². The molecule has 2 rings (SSSR count). The number of hydrogen-bond acceptors (Lipinski definition) is 4. The van der Waals surface area contributed by atoms with E-state index < -0.39 is 0 Å². The average molecular weight is 173 g/mol. The summed E-state index contributed by atoms with van der Waals surface area (Å²) >= 11 is 0. The molecule has 0 aromatic carbocycles. The van der Waals surface area contributed by atoms with E-state index in [9.17, 15) is 0 Å². The van der Waals surface area contributed by atoms with Crippen molar-refractivity contribution in [1.82, 2.24) is 15.2 Å². The lowest BCUT2D eigenvalue weighted by molar-refractivity contribution is 1.09. The Balaban J connectivity index is 2.15. The summed E-state index contributed by atoms with van der Waals surface area (Å²) in [6.45, 7) is 0. The first-order valence-corrected chi connectivity index (χ1v) is 3.77. The largest absolute Gasteiger partial charge is 0.283 e. The highest BCUT2D eigenvalue weighted by Crippen LogP contribution is 2.12. The molecular formula is C8H7N5. The quantitative estimate of drug-likeness (QED) is 0.707. The van der Waals surface area contributed by atoms with Crippen LogP contribution in [0.4, 0.5) is 11.5 Å². The minimum absolute atomic E-state index is 0.587. The second-order valence-corrected chi connectivity index (χ2v) is 2.34. The number of H-pyrrole nitrogens is 1. The Morgan fingerprint density at radius 2 is 2.23 bits per heavy atom. The van der Waals surface area contributed by atoms with E-state index in [0.717, 1.165) is 0 Å². The molecule has 1 N–H and O–H groups in total. The molecule has 0 aliphatic rings. The van der Waals surface area contributed by atoms with E-state index in [1.807, 2.05) is 12.1 Å². The minimum atomic E-state index is 0.587. The third-order valence-electron chi connectivity index (χ3n) is 1.40. The molecule has 2 aromatic heterocycles. The van der Waals surface area contributed by atoms with Crippen molar-refractivity contribution in [2.75, 3.05) is 0 Å². The van der Waals surface area contributed by atoms with Gasteiger partial charge in [0.1, 0.15) is 5.69 Å². The molecule has 2 aromatic rings. The van der Waals surface area contributed by atoms with Gasteiger partial charge in [0.15, 0.2) is 5.82 Å². The van der Waals surface area contributed by atoms with Gasteiger partial charge in [-0.2, -0.15) is 5.10 Å². The van der Waals surface area contributed by atoms with Gasteiger partial charge in [-0.3, -0.25) is 5.10 Å². The Kier molecular flexibility index (Phi) is 2.09. The number of aromatic nitrogens is 3. The van der Waals surface area contributed by atoms with E-state index in [2.05, 4.69) is 25.4 Å². The number of nitrogens with zero attached hydrogens (tertiary/aromatic N) is 4. The van der Waals surface area contributed by atoms with Gasteiger partial charge < -0.3 is 0 Å². The monoisotopic (exact) mass is 173 g/mol. The standard InChI is InChI=1S/C8H7N5/c1-2-4-9-8(3-1)13-12-7-5-10-11-6-7/h1-6H,(H,10,11)/b13-12+. The summed E-state index contributed by atoms with van der Waals surface area (Å²) in [5, 5.41) is 14.2. The Morgan fingerprint density at radius 3 is 2.92 bits per heavy atom. The van der Waals surface area contributed by atoms with E-state index in [-0.39, 0.29) is 0 Å². The number of nitrogens with one attached hydrogen (secondary N) is 1. The normalized spacial score (nSPS) is 10.8. The summed E-state index contributed by atoms with van der Waals surface area (Å²) in [7, 11) is 0. The molecular weight excluding hydrogens is 166 g/mol. The number of aromatic amines is 1. The molecule has 0 saturated carbocycles. The van der Waals surface area contributed by atoms with Crippen molar-refractivity contribution in [3.8, 4) is 0 Å². The van der Waals surface area contributed by atoms with Crippen molar-refractivity contribution in [2.24, 2.45) is 10.2 Å². The first-order chi connectivity index (χ1) is 6.45. The molecule has 0 radical (unpaired) electrons. The highest BCUT2D eigenvalue weighted by atomic mass is 15.2. The first-order valence-electron chi connectivity index (χ1n) is 3.77. The Morgan fingerprint density at radius 1 is 1.23 bits per heavy atom. The molecule has 5 nitrogen and oxygen atoms in total. The van der Waals surface area contributed by atoms with Crippen LogP contribution in [0.25, 0.3) is 0 Å². The molecule has 0 spiro atoms. The summed E-state index contributed by atoms with van der Waals surface area (Å²) in [6, 6.07) is 5.47. The van der Waals surface area contributed by atoms with Crippen LogP contribution in [0.3, 0.4) is 0 Å². The van der Waals surface area contributed by atoms with Gasteiger partial charge in [-0.1, -0.05) is 6.07 Å². The zero-order valence-corrected chi connectivity index (χ0v) is 6.75. The van der Waals surface area contributed by atoms with Gasteiger partial charge in [0, 0.05) is 12.4 Å². The number of azo groups is 1. The van der Waals surface area contributed by atoms with E-state index in [1.165, 1.54) is 0 Å². The average Bonchev–Trinajstić information content (AvgIpc) is 2.69.